The Morgan fingerprint density at radius 2 is 2.05 bits per heavy atom. The Hall–Kier alpha value is -1.09. The molecule has 0 aromatic carbocycles. The predicted octanol–water partition coefficient (Wildman–Crippen LogP) is 3.34. The van der Waals surface area contributed by atoms with Gasteiger partial charge in [-0.3, -0.25) is 4.79 Å². The number of nitrogens with one attached hydrogen (secondary N) is 1. The van der Waals surface area contributed by atoms with Crippen LogP contribution in [0.25, 0.3) is 0 Å². The van der Waals surface area contributed by atoms with Gasteiger partial charge in [-0.25, -0.2) is 0 Å². The van der Waals surface area contributed by atoms with Gasteiger partial charge in [-0.05, 0) is 56.7 Å². The van der Waals surface area contributed by atoms with Gasteiger partial charge in [0.1, 0.15) is 0 Å². The van der Waals surface area contributed by atoms with Crippen molar-refractivity contribution in [3.8, 4) is 0 Å². The number of nitrogens with zero attached hydrogens (tertiary/aromatic N) is 1. The Morgan fingerprint density at radius 1 is 1.24 bits per heavy atom. The highest BCUT2D eigenvalue weighted by atomic mass is 16.1. The molecule has 0 aliphatic heterocycles. The first-order chi connectivity index (χ1) is 10.3. The normalized spacial score (nSPS) is 18.3. The summed E-state index contributed by atoms with van der Waals surface area (Å²) in [5.41, 5.74) is 4.06. The van der Waals surface area contributed by atoms with Crippen molar-refractivity contribution in [2.75, 3.05) is 6.54 Å². The summed E-state index contributed by atoms with van der Waals surface area (Å²) in [6.07, 6.45) is 10.8. The Kier molecular flexibility index (Phi) is 4.79. The quantitative estimate of drug-likeness (QED) is 0.815. The van der Waals surface area contributed by atoms with E-state index in [-0.39, 0.29) is 5.56 Å². The van der Waals surface area contributed by atoms with Gasteiger partial charge in [0.2, 0.25) is 0 Å². The first-order valence-electron chi connectivity index (χ1n) is 8.78. The van der Waals surface area contributed by atoms with Crippen LogP contribution in [0.5, 0.6) is 0 Å². The van der Waals surface area contributed by atoms with Crippen LogP contribution in [-0.2, 0) is 19.4 Å². The van der Waals surface area contributed by atoms with Crippen LogP contribution in [-0.4, -0.2) is 11.1 Å². The lowest BCUT2D eigenvalue weighted by Gasteiger charge is -2.20. The van der Waals surface area contributed by atoms with E-state index in [1.165, 1.54) is 56.2 Å². The summed E-state index contributed by atoms with van der Waals surface area (Å²) in [4.78, 5) is 12.9. The summed E-state index contributed by atoms with van der Waals surface area (Å²) in [6, 6.07) is 2.66. The van der Waals surface area contributed by atoms with Crippen molar-refractivity contribution < 1.29 is 0 Å². The van der Waals surface area contributed by atoms with Crippen molar-refractivity contribution in [1.82, 2.24) is 9.88 Å². The van der Waals surface area contributed by atoms with Gasteiger partial charge in [0.25, 0.3) is 5.56 Å². The summed E-state index contributed by atoms with van der Waals surface area (Å²) >= 11 is 0. The average molecular weight is 288 g/mol. The molecular formula is C18H28N2O. The van der Waals surface area contributed by atoms with Crippen molar-refractivity contribution in [3.63, 3.8) is 0 Å². The van der Waals surface area contributed by atoms with Crippen molar-refractivity contribution in [3.05, 3.63) is 33.2 Å². The molecule has 0 amide bonds. The van der Waals surface area contributed by atoms with E-state index in [9.17, 15) is 4.79 Å². The molecule has 1 N–H and O–H groups in total. The van der Waals surface area contributed by atoms with Crippen LogP contribution in [0.1, 0.15) is 74.7 Å². The second kappa shape index (κ2) is 6.78. The lowest BCUT2D eigenvalue weighted by atomic mass is 10.1. The molecule has 1 aromatic heterocycles. The van der Waals surface area contributed by atoms with E-state index in [0.29, 0.717) is 6.04 Å². The van der Waals surface area contributed by atoms with Crippen molar-refractivity contribution in [2.45, 2.75) is 77.3 Å². The number of pyridine rings is 1. The van der Waals surface area contributed by atoms with Gasteiger partial charge in [0.05, 0.1) is 0 Å². The summed E-state index contributed by atoms with van der Waals surface area (Å²) in [7, 11) is 0. The molecule has 116 valence electrons. The maximum absolute atomic E-state index is 12.9. The monoisotopic (exact) mass is 288 g/mol. The highest BCUT2D eigenvalue weighted by molar-refractivity contribution is 5.31. The zero-order valence-electron chi connectivity index (χ0n) is 13.3. The second-order valence-corrected chi connectivity index (χ2v) is 6.64. The number of fused-ring (bicyclic) bond motifs is 1. The lowest BCUT2D eigenvalue weighted by Crippen LogP contribution is -2.32. The van der Waals surface area contributed by atoms with E-state index in [1.54, 1.807) is 0 Å². The van der Waals surface area contributed by atoms with Crippen molar-refractivity contribution >= 4 is 0 Å². The second-order valence-electron chi connectivity index (χ2n) is 6.64. The summed E-state index contributed by atoms with van der Waals surface area (Å²) in [5, 5.41) is 3.44. The molecule has 1 aromatic rings. The largest absolute Gasteiger partial charge is 0.312 e. The molecule has 2 aliphatic rings. The molecule has 1 heterocycles. The summed E-state index contributed by atoms with van der Waals surface area (Å²) in [5.74, 6) is 0. The molecule has 0 spiro atoms. The molecule has 0 saturated heterocycles. The van der Waals surface area contributed by atoms with Gasteiger partial charge in [-0.1, -0.05) is 26.2 Å². The molecule has 0 radical (unpaired) electrons. The molecule has 21 heavy (non-hydrogen) atoms. The van der Waals surface area contributed by atoms with Crippen LogP contribution < -0.4 is 10.9 Å². The van der Waals surface area contributed by atoms with Crippen LogP contribution in [0.15, 0.2) is 10.9 Å². The standard InChI is InChI=1S/C18H28N2O/c1-2-3-11-19-13-15-12-14-7-6-10-17(14)20(18(15)21)16-8-4-5-9-16/h12,16,19H,2-11,13H2,1H3. The minimum Gasteiger partial charge on any atom is -0.312 e. The molecule has 3 heteroatoms. The van der Waals surface area contributed by atoms with E-state index in [0.717, 1.165) is 31.5 Å². The molecule has 0 unspecified atom stereocenters. The van der Waals surface area contributed by atoms with Gasteiger partial charge in [-0.2, -0.15) is 0 Å². The SMILES string of the molecule is CCCCNCc1cc2c(n(C3CCCC3)c1=O)CCC2. The topological polar surface area (TPSA) is 34.0 Å². The van der Waals surface area contributed by atoms with E-state index in [4.69, 9.17) is 0 Å². The molecule has 3 nitrogen and oxygen atoms in total. The van der Waals surface area contributed by atoms with E-state index in [2.05, 4.69) is 22.9 Å². The number of rotatable bonds is 6. The van der Waals surface area contributed by atoms with Crippen LogP contribution in [0.3, 0.4) is 0 Å². The minimum atomic E-state index is 0.284. The van der Waals surface area contributed by atoms with Gasteiger partial charge in [-0.15, -0.1) is 0 Å². The average Bonchev–Trinajstić information content (AvgIpc) is 3.15. The highest BCUT2D eigenvalue weighted by Crippen LogP contribution is 2.32. The van der Waals surface area contributed by atoms with Gasteiger partial charge in [0, 0.05) is 23.8 Å². The van der Waals surface area contributed by atoms with Crippen LogP contribution in [0.2, 0.25) is 0 Å². The Balaban J connectivity index is 1.87. The lowest BCUT2D eigenvalue weighted by molar-refractivity contribution is 0.480. The summed E-state index contributed by atoms with van der Waals surface area (Å²) in [6.45, 7) is 3.94. The predicted molar refractivity (Wildman–Crippen MR) is 86.8 cm³/mol. The first-order valence-corrected chi connectivity index (χ1v) is 8.78. The number of aryl methyl sites for hydroxylation is 1. The third-order valence-corrected chi connectivity index (χ3v) is 5.08. The summed E-state index contributed by atoms with van der Waals surface area (Å²) < 4.78 is 2.19. The maximum atomic E-state index is 12.9. The molecule has 2 aliphatic carbocycles. The zero-order valence-corrected chi connectivity index (χ0v) is 13.3. The van der Waals surface area contributed by atoms with Gasteiger partial charge >= 0.3 is 0 Å². The van der Waals surface area contributed by atoms with E-state index >= 15 is 0 Å². The Bertz CT molecular complexity index is 541. The highest BCUT2D eigenvalue weighted by Gasteiger charge is 2.25. The van der Waals surface area contributed by atoms with Gasteiger partial charge in [0.15, 0.2) is 0 Å². The van der Waals surface area contributed by atoms with Crippen LogP contribution in [0.4, 0.5) is 0 Å². The van der Waals surface area contributed by atoms with E-state index < -0.39 is 0 Å². The third-order valence-electron chi connectivity index (χ3n) is 5.08. The smallest absolute Gasteiger partial charge is 0.255 e. The number of aromatic nitrogens is 1. The number of hydrogen-bond donors (Lipinski definition) is 1. The fraction of sp³-hybridized carbons (Fsp3) is 0.722. The van der Waals surface area contributed by atoms with Gasteiger partial charge < -0.3 is 9.88 Å². The minimum absolute atomic E-state index is 0.284. The molecule has 0 bridgehead atoms. The maximum Gasteiger partial charge on any atom is 0.255 e. The van der Waals surface area contributed by atoms with E-state index in [1.807, 2.05) is 0 Å². The third kappa shape index (κ3) is 3.08. The Morgan fingerprint density at radius 3 is 2.81 bits per heavy atom. The zero-order chi connectivity index (χ0) is 14.7. The first kappa shape index (κ1) is 14.8. The molecule has 1 fully saturated rings. The molecule has 1 saturated carbocycles. The fourth-order valence-electron chi connectivity index (χ4n) is 3.93. The van der Waals surface area contributed by atoms with Crippen molar-refractivity contribution in [1.29, 1.82) is 0 Å². The fourth-order valence-corrected chi connectivity index (χ4v) is 3.93. The molecular weight excluding hydrogens is 260 g/mol. The van der Waals surface area contributed by atoms with Crippen molar-refractivity contribution in [2.24, 2.45) is 0 Å². The number of unbranched alkanes of at least 4 members (excludes halogenated alkanes) is 1. The van der Waals surface area contributed by atoms with Crippen LogP contribution in [0, 0.1) is 0 Å². The Labute approximate surface area is 127 Å². The molecule has 0 atom stereocenters. The molecule has 3 rings (SSSR count). The van der Waals surface area contributed by atoms with Crippen LogP contribution >= 0.6 is 0 Å². The number of hydrogen-bond acceptors (Lipinski definition) is 2.